The number of fused-ring (bicyclic) bond motifs is 1. The Balaban J connectivity index is 0.00000180. The number of carbonyl (C=O) groups is 1. The summed E-state index contributed by atoms with van der Waals surface area (Å²) in [5.74, 6) is 1.56. The van der Waals surface area contributed by atoms with Crippen molar-refractivity contribution >= 4 is 11.6 Å². The molecule has 148 valence electrons. The number of nitrogens with zero attached hydrogens (tertiary/aromatic N) is 3. The molecule has 0 aromatic carbocycles. The molecule has 0 bridgehead atoms. The van der Waals surface area contributed by atoms with Crippen LogP contribution in [0, 0.1) is 22.7 Å². The van der Waals surface area contributed by atoms with E-state index in [4.69, 9.17) is 5.73 Å². The second-order valence-electron chi connectivity index (χ2n) is 9.19. The molecule has 1 spiro atoms. The second kappa shape index (κ2) is 6.20. The predicted octanol–water partition coefficient (Wildman–Crippen LogP) is 3.15. The van der Waals surface area contributed by atoms with Crippen molar-refractivity contribution in [2.24, 2.45) is 28.4 Å². The number of pyridine rings is 1. The number of hydrogen-bond donors (Lipinski definition) is 1. The zero-order valence-corrected chi connectivity index (χ0v) is 15.9. The summed E-state index contributed by atoms with van der Waals surface area (Å²) in [5.41, 5.74) is 8.07. The van der Waals surface area contributed by atoms with E-state index in [1.807, 2.05) is 6.07 Å². The lowest BCUT2D eigenvalue weighted by atomic mass is 9.58. The lowest BCUT2D eigenvalue weighted by molar-refractivity contribution is 0.0249. The van der Waals surface area contributed by atoms with Crippen molar-refractivity contribution in [1.82, 2.24) is 9.88 Å². The third-order valence-electron chi connectivity index (χ3n) is 8.57. The third kappa shape index (κ3) is 2.40. The molecule has 5 unspecified atom stereocenters. The van der Waals surface area contributed by atoms with E-state index < -0.39 is 5.91 Å². The van der Waals surface area contributed by atoms with E-state index in [1.54, 1.807) is 12.3 Å². The van der Waals surface area contributed by atoms with Crippen molar-refractivity contribution in [2.75, 3.05) is 31.1 Å². The summed E-state index contributed by atoms with van der Waals surface area (Å²) < 4.78 is 0. The van der Waals surface area contributed by atoms with Crippen LogP contribution >= 0.6 is 0 Å². The normalized spacial score (nSPS) is 39.8. The summed E-state index contributed by atoms with van der Waals surface area (Å²) >= 11 is 0. The van der Waals surface area contributed by atoms with Gasteiger partial charge in [0.05, 0.1) is 11.9 Å². The van der Waals surface area contributed by atoms with E-state index in [2.05, 4.69) is 28.6 Å². The van der Waals surface area contributed by atoms with Crippen molar-refractivity contribution in [3.63, 3.8) is 0 Å². The van der Waals surface area contributed by atoms with Crippen LogP contribution in [0.15, 0.2) is 18.3 Å². The van der Waals surface area contributed by atoms with Gasteiger partial charge in [-0.05, 0) is 54.1 Å². The van der Waals surface area contributed by atoms with E-state index in [1.165, 1.54) is 25.7 Å². The summed E-state index contributed by atoms with van der Waals surface area (Å²) in [7, 11) is 0. The summed E-state index contributed by atoms with van der Waals surface area (Å²) in [5, 5.41) is 0. The highest BCUT2D eigenvalue weighted by atomic mass is 16.1. The minimum absolute atomic E-state index is 0. The molecule has 1 aromatic heterocycles. The van der Waals surface area contributed by atoms with E-state index in [-0.39, 0.29) is 7.43 Å². The number of rotatable bonds is 4. The largest absolute Gasteiger partial charge is 0.368 e. The van der Waals surface area contributed by atoms with Crippen molar-refractivity contribution in [3.05, 3.63) is 24.0 Å². The lowest BCUT2D eigenvalue weighted by Crippen LogP contribution is -2.50. The highest BCUT2D eigenvalue weighted by Gasteiger charge is 2.83. The highest BCUT2D eigenvalue weighted by Crippen LogP contribution is 2.87. The summed E-state index contributed by atoms with van der Waals surface area (Å²) in [6.45, 7) is 9.32. The number of piperazine rings is 1. The van der Waals surface area contributed by atoms with Crippen molar-refractivity contribution < 1.29 is 4.79 Å². The smallest absolute Gasteiger partial charge is 0.267 e. The fourth-order valence-electron chi connectivity index (χ4n) is 7.00. The summed E-state index contributed by atoms with van der Waals surface area (Å²) in [6.07, 6.45) is 7.49. The first kappa shape index (κ1) is 18.7. The molecular weight excluding hydrogens is 336 g/mol. The minimum Gasteiger partial charge on any atom is -0.368 e. The number of primary amides is 1. The van der Waals surface area contributed by atoms with Crippen molar-refractivity contribution in [2.45, 2.75) is 53.0 Å². The van der Waals surface area contributed by atoms with E-state index in [0.717, 1.165) is 55.2 Å². The van der Waals surface area contributed by atoms with Gasteiger partial charge in [0.25, 0.3) is 5.91 Å². The Bertz CT molecular complexity index is 726. The molecule has 4 fully saturated rings. The van der Waals surface area contributed by atoms with Crippen LogP contribution in [0.4, 0.5) is 5.69 Å². The summed E-state index contributed by atoms with van der Waals surface area (Å²) in [4.78, 5) is 20.5. The van der Waals surface area contributed by atoms with Crippen LogP contribution in [-0.2, 0) is 0 Å². The quantitative estimate of drug-likeness (QED) is 0.884. The Morgan fingerprint density at radius 3 is 2.59 bits per heavy atom. The van der Waals surface area contributed by atoms with Crippen LogP contribution in [0.1, 0.15) is 57.4 Å². The molecule has 2 heterocycles. The molecule has 5 nitrogen and oxygen atoms in total. The molecule has 0 radical (unpaired) electrons. The first-order valence-corrected chi connectivity index (χ1v) is 10.2. The van der Waals surface area contributed by atoms with Crippen LogP contribution < -0.4 is 10.6 Å². The zero-order valence-electron chi connectivity index (χ0n) is 15.9. The van der Waals surface area contributed by atoms with Crippen molar-refractivity contribution in [1.29, 1.82) is 0 Å². The Hall–Kier alpha value is -1.62. The fourth-order valence-corrected chi connectivity index (χ4v) is 7.00. The maximum absolute atomic E-state index is 11.2. The molecule has 1 amide bonds. The topological polar surface area (TPSA) is 62.5 Å². The van der Waals surface area contributed by atoms with Crippen LogP contribution in [0.5, 0.6) is 0 Å². The number of anilines is 1. The second-order valence-corrected chi connectivity index (χ2v) is 9.19. The van der Waals surface area contributed by atoms with E-state index >= 15 is 0 Å². The minimum atomic E-state index is -0.463. The summed E-state index contributed by atoms with van der Waals surface area (Å²) in [6, 6.07) is 4.53. The van der Waals surface area contributed by atoms with Gasteiger partial charge in [0.1, 0.15) is 5.69 Å². The average Bonchev–Trinajstić information content (AvgIpc) is 3.01. The van der Waals surface area contributed by atoms with Crippen LogP contribution in [0.3, 0.4) is 0 Å². The standard InChI is InChI=1S/C21H30N4O.CH4/c1-3-20(2)12-15-18-17(6-7-21(15,18)20)25-10-8-24(9-11-25)14-4-5-16(19(22)26)23-13-14;/h4-5,13,15,17-18H,3,6-12H2,1-2H3,(H2,22,26);1H4. The Kier molecular flexibility index (Phi) is 4.30. The SMILES string of the molecule is C.CCC1(C)CC2C3C(N4CCN(c5ccc(C(N)=O)nc5)CC4)CCC231. The van der Waals surface area contributed by atoms with Crippen LogP contribution in [0.25, 0.3) is 0 Å². The number of aromatic nitrogens is 1. The molecule has 5 rings (SSSR count). The van der Waals surface area contributed by atoms with Crippen LogP contribution in [0.2, 0.25) is 0 Å². The molecule has 27 heavy (non-hydrogen) atoms. The number of amides is 1. The third-order valence-corrected chi connectivity index (χ3v) is 8.57. The molecule has 2 N–H and O–H groups in total. The Morgan fingerprint density at radius 1 is 1.30 bits per heavy atom. The molecule has 1 aromatic rings. The van der Waals surface area contributed by atoms with Gasteiger partial charge in [-0.15, -0.1) is 0 Å². The molecule has 4 aliphatic rings. The van der Waals surface area contributed by atoms with Gasteiger partial charge in [-0.1, -0.05) is 27.7 Å². The molecule has 5 atom stereocenters. The van der Waals surface area contributed by atoms with E-state index in [9.17, 15) is 4.79 Å². The predicted molar refractivity (Wildman–Crippen MR) is 109 cm³/mol. The monoisotopic (exact) mass is 370 g/mol. The van der Waals surface area contributed by atoms with Gasteiger partial charge < -0.3 is 10.6 Å². The molecule has 1 aliphatic heterocycles. The van der Waals surface area contributed by atoms with Gasteiger partial charge in [0.2, 0.25) is 0 Å². The molecular formula is C22H34N4O. The number of nitrogens with two attached hydrogens (primary N) is 1. The molecule has 3 saturated carbocycles. The Morgan fingerprint density at radius 2 is 2.04 bits per heavy atom. The molecule has 3 aliphatic carbocycles. The zero-order chi connectivity index (χ0) is 18.1. The molecule has 1 saturated heterocycles. The highest BCUT2D eigenvalue weighted by molar-refractivity contribution is 5.90. The first-order chi connectivity index (χ1) is 12.5. The van der Waals surface area contributed by atoms with Gasteiger partial charge in [-0.3, -0.25) is 9.69 Å². The number of hydrogen-bond acceptors (Lipinski definition) is 4. The fraction of sp³-hybridized carbons (Fsp3) is 0.727. The van der Waals surface area contributed by atoms with Gasteiger partial charge in [-0.25, -0.2) is 4.98 Å². The Labute approximate surface area is 163 Å². The number of carbonyl (C=O) groups excluding carboxylic acids is 1. The molecule has 5 heteroatoms. The average molecular weight is 371 g/mol. The van der Waals surface area contributed by atoms with Gasteiger partial charge >= 0.3 is 0 Å². The van der Waals surface area contributed by atoms with Gasteiger partial charge in [0, 0.05) is 32.2 Å². The van der Waals surface area contributed by atoms with Gasteiger partial charge in [0.15, 0.2) is 0 Å². The van der Waals surface area contributed by atoms with Crippen LogP contribution in [-0.4, -0.2) is 48.0 Å². The maximum atomic E-state index is 11.2. The van der Waals surface area contributed by atoms with Crippen molar-refractivity contribution in [3.8, 4) is 0 Å². The van der Waals surface area contributed by atoms with Gasteiger partial charge in [-0.2, -0.15) is 0 Å². The lowest BCUT2D eigenvalue weighted by Gasteiger charge is -2.46. The maximum Gasteiger partial charge on any atom is 0.267 e. The first-order valence-electron chi connectivity index (χ1n) is 10.2. The van der Waals surface area contributed by atoms with E-state index in [0.29, 0.717) is 11.1 Å².